The van der Waals surface area contributed by atoms with Gasteiger partial charge in [-0.2, -0.15) is 18.3 Å². The van der Waals surface area contributed by atoms with E-state index in [1.165, 1.54) is 4.68 Å². The van der Waals surface area contributed by atoms with Gasteiger partial charge >= 0.3 is 6.18 Å². The van der Waals surface area contributed by atoms with Crippen molar-refractivity contribution in [1.82, 2.24) is 29.4 Å². The highest BCUT2D eigenvalue weighted by atomic mass is 32.2. The molecule has 1 fully saturated rings. The van der Waals surface area contributed by atoms with Gasteiger partial charge in [-0.25, -0.2) is 27.6 Å². The van der Waals surface area contributed by atoms with E-state index in [1.54, 1.807) is 22.8 Å². The van der Waals surface area contributed by atoms with Crippen molar-refractivity contribution in [1.29, 1.82) is 0 Å². The van der Waals surface area contributed by atoms with Gasteiger partial charge in [-0.3, -0.25) is 0 Å². The van der Waals surface area contributed by atoms with Crippen molar-refractivity contribution in [3.63, 3.8) is 0 Å². The Hall–Kier alpha value is -3.06. The van der Waals surface area contributed by atoms with Crippen LogP contribution in [0.25, 0.3) is 27.9 Å². The van der Waals surface area contributed by atoms with Gasteiger partial charge in [0.2, 0.25) is 15.0 Å². The lowest BCUT2D eigenvalue weighted by Gasteiger charge is -2.22. The molecular weight excluding hydrogens is 461 g/mol. The van der Waals surface area contributed by atoms with E-state index < -0.39 is 38.7 Å². The number of aryl methyl sites for hydroxylation is 1. The molecule has 13 heteroatoms. The number of nitrogens with zero attached hydrogens (tertiary/aromatic N) is 6. The van der Waals surface area contributed by atoms with Gasteiger partial charge in [0.25, 0.3) is 0 Å². The highest BCUT2D eigenvalue weighted by molar-refractivity contribution is 7.90. The lowest BCUT2D eigenvalue weighted by Crippen LogP contribution is -2.19. The third kappa shape index (κ3) is 3.74. The minimum atomic E-state index is -4.83. The molecular formula is C20H19F3N6O3S. The molecule has 0 amide bonds. The maximum absolute atomic E-state index is 13.9. The van der Waals surface area contributed by atoms with Crippen LogP contribution in [-0.2, 0) is 20.8 Å². The van der Waals surface area contributed by atoms with Crippen molar-refractivity contribution in [3.05, 3.63) is 35.7 Å². The van der Waals surface area contributed by atoms with Crippen molar-refractivity contribution in [2.45, 2.75) is 43.7 Å². The number of fused-ring (bicyclic) bond motifs is 3. The molecule has 0 bridgehead atoms. The van der Waals surface area contributed by atoms with Gasteiger partial charge in [-0.15, -0.1) is 5.10 Å². The number of hydrogen-bond acceptors (Lipinski definition) is 7. The number of rotatable bonds is 3. The molecule has 1 aliphatic heterocycles. The molecule has 1 unspecified atom stereocenters. The zero-order valence-corrected chi connectivity index (χ0v) is 18.5. The van der Waals surface area contributed by atoms with E-state index in [0.29, 0.717) is 35.8 Å². The van der Waals surface area contributed by atoms with Crippen LogP contribution in [0, 0.1) is 6.92 Å². The molecule has 0 saturated carbocycles. The number of aromatic nitrogens is 6. The Morgan fingerprint density at radius 1 is 1.15 bits per heavy atom. The van der Waals surface area contributed by atoms with Crippen molar-refractivity contribution in [3.8, 4) is 11.4 Å². The van der Waals surface area contributed by atoms with Gasteiger partial charge in [-0.05, 0) is 37.8 Å². The molecule has 1 atom stereocenters. The minimum absolute atomic E-state index is 0.127. The van der Waals surface area contributed by atoms with E-state index in [1.807, 2.05) is 6.92 Å². The molecule has 4 aromatic heterocycles. The summed E-state index contributed by atoms with van der Waals surface area (Å²) in [7, 11) is -3.97. The van der Waals surface area contributed by atoms with Gasteiger partial charge in [0.1, 0.15) is 17.0 Å². The first-order valence-electron chi connectivity index (χ1n) is 10.2. The molecule has 33 heavy (non-hydrogen) atoms. The Balaban J connectivity index is 1.87. The first-order valence-corrected chi connectivity index (χ1v) is 12.1. The summed E-state index contributed by atoms with van der Waals surface area (Å²) >= 11 is 0. The van der Waals surface area contributed by atoms with E-state index in [-0.39, 0.29) is 5.69 Å². The number of alkyl halides is 3. The molecule has 1 aliphatic rings. The maximum Gasteiger partial charge on any atom is 0.420 e. The third-order valence-electron chi connectivity index (χ3n) is 5.48. The average molecular weight is 480 g/mol. The third-order valence-corrected chi connectivity index (χ3v) is 6.34. The van der Waals surface area contributed by atoms with Crippen LogP contribution in [0.2, 0.25) is 0 Å². The minimum Gasteiger partial charge on any atom is -0.356 e. The van der Waals surface area contributed by atoms with E-state index in [9.17, 15) is 21.6 Å². The lowest BCUT2D eigenvalue weighted by atomic mass is 10.1. The maximum atomic E-state index is 13.9. The fourth-order valence-electron chi connectivity index (χ4n) is 3.95. The number of hydrogen-bond donors (Lipinski definition) is 0. The normalized spacial score (nSPS) is 17.8. The van der Waals surface area contributed by atoms with E-state index in [0.717, 1.165) is 24.7 Å². The Morgan fingerprint density at radius 3 is 2.61 bits per heavy atom. The molecule has 0 spiro atoms. The fraction of sp³-hybridized carbons (Fsp3) is 0.400. The predicted molar refractivity (Wildman–Crippen MR) is 111 cm³/mol. The highest BCUT2D eigenvalue weighted by Crippen LogP contribution is 2.40. The lowest BCUT2D eigenvalue weighted by molar-refractivity contribution is -0.137. The Labute approximate surface area is 186 Å². The summed E-state index contributed by atoms with van der Waals surface area (Å²) in [5.74, 6) is 0. The highest BCUT2D eigenvalue weighted by Gasteiger charge is 2.38. The van der Waals surface area contributed by atoms with Crippen LogP contribution in [0.1, 0.15) is 36.6 Å². The summed E-state index contributed by atoms with van der Waals surface area (Å²) in [4.78, 5) is 7.26. The summed E-state index contributed by atoms with van der Waals surface area (Å²) in [6, 6.07) is 3.54. The Morgan fingerprint density at radius 2 is 1.94 bits per heavy atom. The van der Waals surface area contributed by atoms with E-state index >= 15 is 0 Å². The molecule has 1 saturated heterocycles. The molecule has 0 N–H and O–H groups in total. The molecule has 174 valence electrons. The number of pyridine rings is 1. The second kappa shape index (κ2) is 7.48. The van der Waals surface area contributed by atoms with Crippen molar-refractivity contribution >= 4 is 26.4 Å². The monoisotopic (exact) mass is 480 g/mol. The van der Waals surface area contributed by atoms with Crippen molar-refractivity contribution < 1.29 is 26.3 Å². The SMILES string of the molecule is Cc1ccc2c3c(-c4nc(S(C)(=O)=O)ncc4C(F)(F)F)nn(C4CCCCO4)c3nn2c1. The summed E-state index contributed by atoms with van der Waals surface area (Å²) < 4.78 is 74.6. The number of ether oxygens (including phenoxy) is 1. The predicted octanol–water partition coefficient (Wildman–Crippen LogP) is 3.57. The first kappa shape index (κ1) is 21.8. The van der Waals surface area contributed by atoms with Crippen molar-refractivity contribution in [2.75, 3.05) is 12.9 Å². The molecule has 4 aromatic rings. The largest absolute Gasteiger partial charge is 0.420 e. The van der Waals surface area contributed by atoms with Gasteiger partial charge < -0.3 is 4.74 Å². The van der Waals surface area contributed by atoms with Gasteiger partial charge in [0.15, 0.2) is 11.9 Å². The second-order valence-corrected chi connectivity index (χ2v) is 9.94. The van der Waals surface area contributed by atoms with Gasteiger partial charge in [-0.1, -0.05) is 6.07 Å². The van der Waals surface area contributed by atoms with Gasteiger partial charge in [0.05, 0.1) is 10.9 Å². The fourth-order valence-corrected chi connectivity index (χ4v) is 4.45. The number of halogens is 3. The average Bonchev–Trinajstić information content (AvgIpc) is 3.29. The van der Waals surface area contributed by atoms with E-state index in [2.05, 4.69) is 20.2 Å². The molecule has 9 nitrogen and oxygen atoms in total. The molecule has 0 aromatic carbocycles. The Bertz CT molecular complexity index is 1490. The zero-order chi connectivity index (χ0) is 23.5. The summed E-state index contributed by atoms with van der Waals surface area (Å²) in [5.41, 5.74) is -0.182. The summed E-state index contributed by atoms with van der Waals surface area (Å²) in [6.07, 6.45) is 0.0886. The molecule has 0 radical (unpaired) electrons. The summed E-state index contributed by atoms with van der Waals surface area (Å²) in [5, 5.41) is 8.61. The van der Waals surface area contributed by atoms with Crippen LogP contribution >= 0.6 is 0 Å². The van der Waals surface area contributed by atoms with Crippen LogP contribution in [0.15, 0.2) is 29.7 Å². The molecule has 0 aliphatic carbocycles. The second-order valence-electron chi connectivity index (χ2n) is 8.03. The van der Waals surface area contributed by atoms with Crippen LogP contribution in [-0.4, -0.2) is 50.6 Å². The topological polar surface area (TPSA) is 104 Å². The van der Waals surface area contributed by atoms with E-state index in [4.69, 9.17) is 4.74 Å². The molecule has 5 heterocycles. The smallest absolute Gasteiger partial charge is 0.356 e. The number of sulfone groups is 1. The van der Waals surface area contributed by atoms with Gasteiger partial charge in [0, 0.05) is 25.3 Å². The van der Waals surface area contributed by atoms with Crippen molar-refractivity contribution in [2.24, 2.45) is 0 Å². The molecule has 5 rings (SSSR count). The quantitative estimate of drug-likeness (QED) is 0.413. The first-order chi connectivity index (χ1) is 15.5. The van der Waals surface area contributed by atoms with Crippen LogP contribution in [0.4, 0.5) is 13.2 Å². The van der Waals surface area contributed by atoms with Crippen LogP contribution in [0.3, 0.4) is 0 Å². The van der Waals surface area contributed by atoms with Crippen LogP contribution in [0.5, 0.6) is 0 Å². The summed E-state index contributed by atoms with van der Waals surface area (Å²) in [6.45, 7) is 2.36. The standard InChI is InChI=1S/C20H19F3N6O3S/c1-11-6-7-13-15-17(16-12(20(21,22)23)9-24-19(25-16)33(2,30)31)26-29(14-5-3-4-8-32-14)18(15)27-28(13)10-11/h6-7,9-10,14H,3-5,8H2,1-2H3. The zero-order valence-electron chi connectivity index (χ0n) is 17.7. The Kier molecular flexibility index (Phi) is 4.94. The van der Waals surface area contributed by atoms with Crippen LogP contribution < -0.4 is 0 Å².